The van der Waals surface area contributed by atoms with Gasteiger partial charge >= 0.3 is 0 Å². The smallest absolute Gasteiger partial charge is 0.261 e. The van der Waals surface area contributed by atoms with Gasteiger partial charge in [0.2, 0.25) is 0 Å². The van der Waals surface area contributed by atoms with E-state index in [0.717, 1.165) is 29.8 Å². The van der Waals surface area contributed by atoms with E-state index in [1.807, 2.05) is 30.3 Å². The Kier molecular flexibility index (Phi) is 4.52. The average molecular weight is 368 g/mol. The van der Waals surface area contributed by atoms with Crippen LogP contribution in [0.4, 0.5) is 0 Å². The first-order valence-corrected chi connectivity index (χ1v) is 9.34. The second-order valence-electron chi connectivity index (χ2n) is 7.50. The zero-order chi connectivity index (χ0) is 19.0. The molecule has 1 spiro atoms. The van der Waals surface area contributed by atoms with E-state index in [2.05, 4.69) is 10.3 Å². The third-order valence-corrected chi connectivity index (χ3v) is 5.50. The molecule has 0 aliphatic carbocycles. The average Bonchev–Trinajstić information content (AvgIpc) is 2.61. The maximum Gasteiger partial charge on any atom is 0.261 e. The van der Waals surface area contributed by atoms with Crippen molar-refractivity contribution in [1.82, 2.24) is 10.3 Å². The lowest BCUT2D eigenvalue weighted by Gasteiger charge is -2.44. The van der Waals surface area contributed by atoms with E-state index >= 15 is 0 Å². The number of carbonyl (C=O) groups excluding carboxylic acids is 1. The van der Waals surface area contributed by atoms with Gasteiger partial charge in [0.05, 0.1) is 19.3 Å². The fourth-order valence-corrected chi connectivity index (χ4v) is 4.16. The highest BCUT2D eigenvalue weighted by Crippen LogP contribution is 2.43. The molecule has 2 N–H and O–H groups in total. The zero-order valence-electron chi connectivity index (χ0n) is 15.6. The Balaban J connectivity index is 1.66. The second kappa shape index (κ2) is 6.85. The van der Waals surface area contributed by atoms with Gasteiger partial charge in [-0.2, -0.15) is 0 Å². The number of para-hydroxylation sites is 1. The van der Waals surface area contributed by atoms with Gasteiger partial charge in [0.15, 0.2) is 0 Å². The minimum absolute atomic E-state index is 0.172. The van der Waals surface area contributed by atoms with Crippen LogP contribution in [0.25, 0.3) is 0 Å². The number of nitrogens with one attached hydrogen (secondary N) is 2. The minimum atomic E-state index is -0.355. The van der Waals surface area contributed by atoms with Crippen molar-refractivity contribution >= 4 is 5.91 Å². The van der Waals surface area contributed by atoms with Crippen LogP contribution in [0.3, 0.4) is 0 Å². The summed E-state index contributed by atoms with van der Waals surface area (Å²) in [6, 6.07) is 9.39. The Morgan fingerprint density at radius 3 is 2.70 bits per heavy atom. The lowest BCUT2D eigenvalue weighted by Crippen LogP contribution is -2.49. The van der Waals surface area contributed by atoms with Crippen LogP contribution in [0, 0.1) is 13.8 Å². The molecular formula is C21H24N2O4. The summed E-state index contributed by atoms with van der Waals surface area (Å²) < 4.78 is 11.8. The number of aromatic amines is 1. The fourth-order valence-electron chi connectivity index (χ4n) is 4.16. The molecule has 1 amide bonds. The number of H-pyrrole nitrogens is 1. The summed E-state index contributed by atoms with van der Waals surface area (Å²) in [6.45, 7) is 4.90. The monoisotopic (exact) mass is 368 g/mol. The van der Waals surface area contributed by atoms with Crippen molar-refractivity contribution < 1.29 is 14.3 Å². The Morgan fingerprint density at radius 2 is 1.96 bits per heavy atom. The van der Waals surface area contributed by atoms with Gasteiger partial charge in [0.25, 0.3) is 11.5 Å². The van der Waals surface area contributed by atoms with E-state index < -0.39 is 0 Å². The van der Waals surface area contributed by atoms with Crippen molar-refractivity contribution in [3.05, 3.63) is 63.1 Å². The molecule has 2 aromatic rings. The van der Waals surface area contributed by atoms with Crippen LogP contribution in [-0.2, 0) is 4.74 Å². The number of hydrogen-bond acceptors (Lipinski definition) is 4. The molecule has 0 bridgehead atoms. The Labute approximate surface area is 157 Å². The van der Waals surface area contributed by atoms with Gasteiger partial charge in [-0.15, -0.1) is 0 Å². The molecule has 1 saturated heterocycles. The molecule has 4 rings (SSSR count). The SMILES string of the molecule is Cc1cc(C)c(C(=O)NC2CC3(CCOCC3)Oc3ccccc32)c(=O)[nH]1. The van der Waals surface area contributed by atoms with Crippen LogP contribution >= 0.6 is 0 Å². The van der Waals surface area contributed by atoms with Gasteiger partial charge in [0, 0.05) is 30.5 Å². The molecule has 1 aromatic heterocycles. The molecule has 1 atom stereocenters. The summed E-state index contributed by atoms with van der Waals surface area (Å²) in [4.78, 5) is 28.0. The number of amides is 1. The second-order valence-corrected chi connectivity index (χ2v) is 7.50. The van der Waals surface area contributed by atoms with E-state index in [4.69, 9.17) is 9.47 Å². The fraction of sp³-hybridized carbons (Fsp3) is 0.429. The summed E-state index contributed by atoms with van der Waals surface area (Å²) in [6.07, 6.45) is 2.25. The van der Waals surface area contributed by atoms with Crippen LogP contribution in [0.2, 0.25) is 0 Å². The van der Waals surface area contributed by atoms with Crippen molar-refractivity contribution in [3.8, 4) is 5.75 Å². The lowest BCUT2D eigenvalue weighted by molar-refractivity contribution is -0.0639. The molecule has 6 heteroatoms. The predicted molar refractivity (Wildman–Crippen MR) is 101 cm³/mol. The zero-order valence-corrected chi connectivity index (χ0v) is 15.6. The molecular weight excluding hydrogens is 344 g/mol. The Morgan fingerprint density at radius 1 is 1.22 bits per heavy atom. The van der Waals surface area contributed by atoms with Gasteiger partial charge in [-0.1, -0.05) is 18.2 Å². The number of ether oxygens (including phenoxy) is 2. The molecule has 142 valence electrons. The molecule has 1 aromatic carbocycles. The highest BCUT2D eigenvalue weighted by molar-refractivity contribution is 5.95. The van der Waals surface area contributed by atoms with Gasteiger partial charge in [0.1, 0.15) is 16.9 Å². The third-order valence-electron chi connectivity index (χ3n) is 5.50. The number of hydrogen-bond donors (Lipinski definition) is 2. The van der Waals surface area contributed by atoms with Crippen molar-refractivity contribution in [2.45, 2.75) is 44.8 Å². The summed E-state index contributed by atoms with van der Waals surface area (Å²) in [5, 5.41) is 3.08. The number of fused-ring (bicyclic) bond motifs is 1. The molecule has 0 saturated carbocycles. The first kappa shape index (κ1) is 17.8. The van der Waals surface area contributed by atoms with Gasteiger partial charge in [-0.3, -0.25) is 9.59 Å². The van der Waals surface area contributed by atoms with E-state index in [9.17, 15) is 9.59 Å². The van der Waals surface area contributed by atoms with Crippen LogP contribution in [0.15, 0.2) is 35.1 Å². The highest BCUT2D eigenvalue weighted by atomic mass is 16.5. The van der Waals surface area contributed by atoms with E-state index in [0.29, 0.717) is 25.2 Å². The van der Waals surface area contributed by atoms with Crippen molar-refractivity contribution in [2.75, 3.05) is 13.2 Å². The summed E-state index contributed by atoms with van der Waals surface area (Å²) >= 11 is 0. The maximum atomic E-state index is 13.0. The van der Waals surface area contributed by atoms with E-state index in [-0.39, 0.29) is 28.7 Å². The van der Waals surface area contributed by atoms with Gasteiger partial charge in [-0.25, -0.2) is 0 Å². The first-order chi connectivity index (χ1) is 13.0. The number of pyridine rings is 1. The number of rotatable bonds is 2. The normalized spacial score (nSPS) is 20.6. The Hall–Kier alpha value is -2.60. The highest BCUT2D eigenvalue weighted by Gasteiger charge is 2.42. The van der Waals surface area contributed by atoms with E-state index in [1.54, 1.807) is 13.8 Å². The van der Waals surface area contributed by atoms with E-state index in [1.165, 1.54) is 0 Å². The standard InChI is InChI=1S/C21H24N2O4/c1-13-11-14(2)22-19(24)18(13)20(25)23-16-12-21(7-9-26-10-8-21)27-17-6-4-3-5-15(16)17/h3-6,11,16H,7-10,12H2,1-2H3,(H,22,24)(H,23,25). The van der Waals surface area contributed by atoms with Gasteiger partial charge in [-0.05, 0) is 31.5 Å². The molecule has 27 heavy (non-hydrogen) atoms. The van der Waals surface area contributed by atoms with Gasteiger partial charge < -0.3 is 19.8 Å². The molecule has 2 aliphatic heterocycles. The number of aromatic nitrogens is 1. The minimum Gasteiger partial charge on any atom is -0.487 e. The van der Waals surface area contributed by atoms with Crippen molar-refractivity contribution in [2.24, 2.45) is 0 Å². The van der Waals surface area contributed by atoms with Crippen molar-refractivity contribution in [1.29, 1.82) is 0 Å². The topological polar surface area (TPSA) is 80.4 Å². The number of carbonyl (C=O) groups is 1. The Bertz CT molecular complexity index is 928. The predicted octanol–water partition coefficient (Wildman–Crippen LogP) is 2.79. The lowest BCUT2D eigenvalue weighted by atomic mass is 9.82. The maximum absolute atomic E-state index is 13.0. The van der Waals surface area contributed by atoms with Crippen LogP contribution in [0.1, 0.15) is 52.5 Å². The van der Waals surface area contributed by atoms with Crippen LogP contribution in [0.5, 0.6) is 5.75 Å². The molecule has 1 unspecified atom stereocenters. The molecule has 3 heterocycles. The molecule has 0 radical (unpaired) electrons. The summed E-state index contributed by atoms with van der Waals surface area (Å²) in [5.41, 5.74) is 1.85. The van der Waals surface area contributed by atoms with Crippen LogP contribution in [-0.4, -0.2) is 29.7 Å². The largest absolute Gasteiger partial charge is 0.487 e. The molecule has 1 fully saturated rings. The first-order valence-electron chi connectivity index (χ1n) is 9.34. The third kappa shape index (κ3) is 3.37. The number of benzene rings is 1. The van der Waals surface area contributed by atoms with Crippen LogP contribution < -0.4 is 15.6 Å². The van der Waals surface area contributed by atoms with Crippen molar-refractivity contribution in [3.63, 3.8) is 0 Å². The molecule has 6 nitrogen and oxygen atoms in total. The number of aryl methyl sites for hydroxylation is 2. The quantitative estimate of drug-likeness (QED) is 0.854. The summed E-state index contributed by atoms with van der Waals surface area (Å²) in [7, 11) is 0. The molecule has 2 aliphatic rings. The summed E-state index contributed by atoms with van der Waals surface area (Å²) in [5.74, 6) is 0.447.